The van der Waals surface area contributed by atoms with E-state index in [4.69, 9.17) is 4.74 Å². The molecule has 10 heavy (non-hydrogen) atoms. The number of nitrogens with one attached hydrogen (secondary N) is 1. The smallest absolute Gasteiger partial charge is 0.407 e. The van der Waals surface area contributed by atoms with Gasteiger partial charge in [0, 0.05) is 7.05 Å². The lowest BCUT2D eigenvalue weighted by Gasteiger charge is -2.37. The van der Waals surface area contributed by atoms with E-state index in [0.717, 1.165) is 12.8 Å². The van der Waals surface area contributed by atoms with E-state index in [0.29, 0.717) is 0 Å². The van der Waals surface area contributed by atoms with Crippen LogP contribution in [0, 0.1) is 0 Å². The van der Waals surface area contributed by atoms with Crippen molar-refractivity contribution in [3.63, 3.8) is 0 Å². The lowest BCUT2D eigenvalue weighted by Crippen LogP contribution is -2.41. The molecule has 1 saturated carbocycles. The molecule has 3 heteroatoms. The number of alkyl carbamates (subject to hydrolysis) is 1. The van der Waals surface area contributed by atoms with Crippen molar-refractivity contribution in [2.75, 3.05) is 7.05 Å². The Balaban J connectivity index is 2.29. The Bertz CT molecular complexity index is 141. The zero-order valence-electron chi connectivity index (χ0n) is 6.44. The predicted molar refractivity (Wildman–Crippen MR) is 37.8 cm³/mol. The van der Waals surface area contributed by atoms with Crippen LogP contribution in [0.1, 0.15) is 26.2 Å². The number of carbonyl (C=O) groups excluding carboxylic acids is 1. The minimum absolute atomic E-state index is 0.167. The second-order valence-electron chi connectivity index (χ2n) is 2.94. The Hall–Kier alpha value is -0.730. The highest BCUT2D eigenvalue weighted by Crippen LogP contribution is 2.34. The summed E-state index contributed by atoms with van der Waals surface area (Å²) in [6.45, 7) is 1.96. The predicted octanol–water partition coefficient (Wildman–Crippen LogP) is 1.28. The van der Waals surface area contributed by atoms with Crippen LogP contribution in [-0.2, 0) is 4.74 Å². The van der Waals surface area contributed by atoms with Crippen molar-refractivity contribution in [3.8, 4) is 0 Å². The van der Waals surface area contributed by atoms with Gasteiger partial charge in [-0.2, -0.15) is 0 Å². The van der Waals surface area contributed by atoms with E-state index in [-0.39, 0.29) is 11.7 Å². The Kier molecular flexibility index (Phi) is 1.83. The first-order valence-corrected chi connectivity index (χ1v) is 3.57. The van der Waals surface area contributed by atoms with Gasteiger partial charge in [0.25, 0.3) is 0 Å². The maximum absolute atomic E-state index is 10.7. The topological polar surface area (TPSA) is 38.3 Å². The highest BCUT2D eigenvalue weighted by atomic mass is 16.6. The van der Waals surface area contributed by atoms with E-state index in [2.05, 4.69) is 5.32 Å². The lowest BCUT2D eigenvalue weighted by molar-refractivity contribution is -0.0313. The number of amides is 1. The van der Waals surface area contributed by atoms with Gasteiger partial charge in [-0.3, -0.25) is 0 Å². The molecule has 0 unspecified atom stereocenters. The minimum Gasteiger partial charge on any atom is -0.443 e. The van der Waals surface area contributed by atoms with E-state index in [1.165, 1.54) is 6.42 Å². The van der Waals surface area contributed by atoms with E-state index in [9.17, 15) is 4.79 Å². The second-order valence-corrected chi connectivity index (χ2v) is 2.94. The first-order valence-electron chi connectivity index (χ1n) is 3.57. The number of hydrogen-bond acceptors (Lipinski definition) is 2. The summed E-state index contributed by atoms with van der Waals surface area (Å²) < 4.78 is 5.07. The molecule has 0 radical (unpaired) electrons. The van der Waals surface area contributed by atoms with Gasteiger partial charge in [0.15, 0.2) is 0 Å². The molecular formula is C7H13NO2. The van der Waals surface area contributed by atoms with Crippen molar-refractivity contribution in [2.45, 2.75) is 31.8 Å². The SMILES string of the molecule is CNC(=O)OC1(C)CCC1. The molecule has 0 aromatic rings. The maximum Gasteiger partial charge on any atom is 0.407 e. The van der Waals surface area contributed by atoms with Crippen LogP contribution in [0.3, 0.4) is 0 Å². The molecule has 1 amide bonds. The normalized spacial score (nSPS) is 21.0. The van der Waals surface area contributed by atoms with Gasteiger partial charge >= 0.3 is 6.09 Å². The molecular weight excluding hydrogens is 130 g/mol. The number of carbonyl (C=O) groups is 1. The standard InChI is InChI=1S/C7H13NO2/c1-7(4-3-5-7)10-6(9)8-2/h3-5H2,1-2H3,(H,8,9). The number of rotatable bonds is 1. The largest absolute Gasteiger partial charge is 0.443 e. The summed E-state index contributed by atoms with van der Waals surface area (Å²) in [5.74, 6) is 0. The van der Waals surface area contributed by atoms with Crippen molar-refractivity contribution in [1.29, 1.82) is 0 Å². The van der Waals surface area contributed by atoms with Crippen molar-refractivity contribution >= 4 is 6.09 Å². The molecule has 1 aliphatic carbocycles. The molecule has 0 heterocycles. The maximum atomic E-state index is 10.7. The second kappa shape index (κ2) is 2.48. The average molecular weight is 143 g/mol. The molecule has 58 valence electrons. The summed E-state index contributed by atoms with van der Waals surface area (Å²) >= 11 is 0. The van der Waals surface area contributed by atoms with Gasteiger partial charge in [-0.1, -0.05) is 0 Å². The molecule has 3 nitrogen and oxygen atoms in total. The lowest BCUT2D eigenvalue weighted by atomic mass is 9.82. The van der Waals surface area contributed by atoms with Crippen molar-refractivity contribution < 1.29 is 9.53 Å². The molecule has 0 saturated heterocycles. The van der Waals surface area contributed by atoms with Crippen LogP contribution >= 0.6 is 0 Å². The van der Waals surface area contributed by atoms with E-state index < -0.39 is 0 Å². The van der Waals surface area contributed by atoms with Gasteiger partial charge in [-0.05, 0) is 26.2 Å². The van der Waals surface area contributed by atoms with Crippen LogP contribution in [0.4, 0.5) is 4.79 Å². The van der Waals surface area contributed by atoms with Crippen molar-refractivity contribution in [3.05, 3.63) is 0 Å². The molecule has 1 aliphatic rings. The number of hydrogen-bond donors (Lipinski definition) is 1. The molecule has 0 aliphatic heterocycles. The molecule has 0 spiro atoms. The summed E-state index contributed by atoms with van der Waals surface area (Å²) in [5.41, 5.74) is -0.167. The summed E-state index contributed by atoms with van der Waals surface area (Å²) in [6.07, 6.45) is 2.86. The van der Waals surface area contributed by atoms with Gasteiger partial charge in [0.05, 0.1) is 0 Å². The molecule has 0 bridgehead atoms. The van der Waals surface area contributed by atoms with Gasteiger partial charge in [0.1, 0.15) is 5.60 Å². The first kappa shape index (κ1) is 7.38. The summed E-state index contributed by atoms with van der Waals surface area (Å²) in [4.78, 5) is 10.7. The van der Waals surface area contributed by atoms with Crippen LogP contribution in [0.5, 0.6) is 0 Å². The minimum atomic E-state index is -0.317. The van der Waals surface area contributed by atoms with Crippen LogP contribution < -0.4 is 5.32 Å². The van der Waals surface area contributed by atoms with Crippen LogP contribution in [0.15, 0.2) is 0 Å². The van der Waals surface area contributed by atoms with E-state index >= 15 is 0 Å². The quantitative estimate of drug-likeness (QED) is 0.600. The molecule has 0 aromatic carbocycles. The Morgan fingerprint density at radius 3 is 2.50 bits per heavy atom. The zero-order chi connectivity index (χ0) is 7.61. The van der Waals surface area contributed by atoms with Crippen molar-refractivity contribution in [1.82, 2.24) is 5.32 Å². The fourth-order valence-corrected chi connectivity index (χ4v) is 1.05. The first-order chi connectivity index (χ1) is 4.66. The molecule has 1 fully saturated rings. The van der Waals surface area contributed by atoms with E-state index in [1.54, 1.807) is 7.05 Å². The number of ether oxygens (including phenoxy) is 1. The molecule has 0 aromatic heterocycles. The fourth-order valence-electron chi connectivity index (χ4n) is 1.05. The van der Waals surface area contributed by atoms with Gasteiger partial charge in [-0.15, -0.1) is 0 Å². The van der Waals surface area contributed by atoms with Gasteiger partial charge in [-0.25, -0.2) is 4.79 Å². The highest BCUT2D eigenvalue weighted by Gasteiger charge is 2.35. The monoisotopic (exact) mass is 143 g/mol. The zero-order valence-corrected chi connectivity index (χ0v) is 6.44. The third-order valence-electron chi connectivity index (χ3n) is 1.95. The van der Waals surface area contributed by atoms with Crippen LogP contribution in [0.25, 0.3) is 0 Å². The third kappa shape index (κ3) is 1.40. The molecule has 0 atom stereocenters. The van der Waals surface area contributed by atoms with Crippen molar-refractivity contribution in [2.24, 2.45) is 0 Å². The Morgan fingerprint density at radius 1 is 1.60 bits per heavy atom. The summed E-state index contributed by atoms with van der Waals surface area (Å²) in [6, 6.07) is 0. The molecule has 1 rings (SSSR count). The highest BCUT2D eigenvalue weighted by molar-refractivity contribution is 5.67. The average Bonchev–Trinajstić information content (AvgIpc) is 1.84. The van der Waals surface area contributed by atoms with Crippen LogP contribution in [-0.4, -0.2) is 18.7 Å². The molecule has 1 N–H and O–H groups in total. The van der Waals surface area contributed by atoms with Gasteiger partial charge < -0.3 is 10.1 Å². The summed E-state index contributed by atoms with van der Waals surface area (Å²) in [5, 5.41) is 2.43. The van der Waals surface area contributed by atoms with E-state index in [1.807, 2.05) is 6.92 Å². The Labute approximate surface area is 60.7 Å². The van der Waals surface area contributed by atoms with Gasteiger partial charge in [0.2, 0.25) is 0 Å². The third-order valence-corrected chi connectivity index (χ3v) is 1.95. The van der Waals surface area contributed by atoms with Crippen LogP contribution in [0.2, 0.25) is 0 Å². The summed E-state index contributed by atoms with van der Waals surface area (Å²) in [7, 11) is 1.57. The fraction of sp³-hybridized carbons (Fsp3) is 0.857. The Morgan fingerprint density at radius 2 is 2.20 bits per heavy atom.